The van der Waals surface area contributed by atoms with Gasteiger partial charge in [-0.15, -0.1) is 0 Å². The quantitative estimate of drug-likeness (QED) is 0.928. The molecule has 0 saturated carbocycles. The van der Waals surface area contributed by atoms with Crippen LogP contribution >= 0.6 is 23.2 Å². The number of imidazole rings is 1. The van der Waals surface area contributed by atoms with E-state index in [2.05, 4.69) is 14.8 Å². The molecule has 1 aliphatic rings. The molecule has 21 heavy (non-hydrogen) atoms. The molecule has 0 unspecified atom stereocenters. The van der Waals surface area contributed by atoms with Crippen LogP contribution in [0, 0.1) is 0 Å². The minimum Gasteiger partial charge on any atom is -0.395 e. The summed E-state index contributed by atoms with van der Waals surface area (Å²) in [6, 6.07) is 1.71. The summed E-state index contributed by atoms with van der Waals surface area (Å²) in [5.41, 5.74) is 1.74. The molecule has 114 valence electrons. The number of β-amino-alcohol motifs (C(OH)–C–C–N with tert-alkyl or cyclic N) is 1. The Hall–Kier alpha value is -0.850. The first kappa shape index (κ1) is 15.1. The van der Waals surface area contributed by atoms with Gasteiger partial charge < -0.3 is 9.51 Å². The third kappa shape index (κ3) is 3.49. The Balaban J connectivity index is 1.67. The van der Waals surface area contributed by atoms with Gasteiger partial charge in [0.1, 0.15) is 0 Å². The third-order valence-corrected chi connectivity index (χ3v) is 4.27. The van der Waals surface area contributed by atoms with Gasteiger partial charge in [0.2, 0.25) is 0 Å². The molecule has 5 nitrogen and oxygen atoms in total. The van der Waals surface area contributed by atoms with Crippen LogP contribution in [-0.2, 0) is 6.54 Å². The summed E-state index contributed by atoms with van der Waals surface area (Å²) in [7, 11) is 0. The van der Waals surface area contributed by atoms with E-state index in [0.29, 0.717) is 10.0 Å². The summed E-state index contributed by atoms with van der Waals surface area (Å²) in [5.74, 6) is 0. The minimum absolute atomic E-state index is 0.228. The molecule has 0 amide bonds. The van der Waals surface area contributed by atoms with Gasteiger partial charge in [0, 0.05) is 51.7 Å². The Morgan fingerprint density at radius 3 is 2.52 bits per heavy atom. The smallest absolute Gasteiger partial charge is 0.156 e. The molecule has 0 atom stereocenters. The van der Waals surface area contributed by atoms with Crippen molar-refractivity contribution in [2.24, 2.45) is 0 Å². The van der Waals surface area contributed by atoms with Crippen molar-refractivity contribution >= 4 is 28.8 Å². The highest BCUT2D eigenvalue weighted by molar-refractivity contribution is 6.36. The van der Waals surface area contributed by atoms with Gasteiger partial charge in [-0.25, -0.2) is 4.98 Å². The third-order valence-electron chi connectivity index (χ3n) is 3.79. The normalized spacial score (nSPS) is 17.7. The van der Waals surface area contributed by atoms with Crippen LogP contribution in [0.2, 0.25) is 10.0 Å². The van der Waals surface area contributed by atoms with Crippen LogP contribution in [0.3, 0.4) is 0 Å². The number of aliphatic hydroxyl groups is 1. The monoisotopic (exact) mass is 328 g/mol. The number of aromatic nitrogens is 2. The van der Waals surface area contributed by atoms with Crippen LogP contribution in [0.15, 0.2) is 18.5 Å². The highest BCUT2D eigenvalue weighted by atomic mass is 35.5. The fraction of sp³-hybridized carbons (Fsp3) is 0.500. The summed E-state index contributed by atoms with van der Waals surface area (Å²) in [5, 5.41) is 10.1. The van der Waals surface area contributed by atoms with Crippen LogP contribution < -0.4 is 0 Å². The molecule has 3 rings (SSSR count). The second kappa shape index (κ2) is 6.50. The van der Waals surface area contributed by atoms with Crippen LogP contribution in [0.4, 0.5) is 0 Å². The predicted molar refractivity (Wildman–Crippen MR) is 84.0 cm³/mol. The van der Waals surface area contributed by atoms with Crippen molar-refractivity contribution < 1.29 is 5.11 Å². The molecular weight excluding hydrogens is 311 g/mol. The zero-order chi connectivity index (χ0) is 14.8. The number of nitrogens with zero attached hydrogens (tertiary/aromatic N) is 4. The van der Waals surface area contributed by atoms with E-state index in [4.69, 9.17) is 28.3 Å². The van der Waals surface area contributed by atoms with E-state index >= 15 is 0 Å². The van der Waals surface area contributed by atoms with Gasteiger partial charge >= 0.3 is 0 Å². The molecule has 2 aromatic rings. The standard InChI is InChI=1S/C14H18Cl2N4O/c15-11-7-13(16)14-17-12(10-20(14)8-11)9-19-3-1-18(2-4-19)5-6-21/h7-8,10,21H,1-6,9H2. The number of piperazine rings is 1. The van der Waals surface area contributed by atoms with E-state index < -0.39 is 0 Å². The first-order chi connectivity index (χ1) is 10.2. The van der Waals surface area contributed by atoms with Gasteiger partial charge in [-0.3, -0.25) is 9.80 Å². The van der Waals surface area contributed by atoms with E-state index in [0.717, 1.165) is 50.6 Å². The highest BCUT2D eigenvalue weighted by Gasteiger charge is 2.17. The lowest BCUT2D eigenvalue weighted by molar-refractivity contribution is 0.108. The maximum absolute atomic E-state index is 8.96. The van der Waals surface area contributed by atoms with Crippen molar-refractivity contribution in [1.82, 2.24) is 19.2 Å². The number of fused-ring (bicyclic) bond motifs is 1. The van der Waals surface area contributed by atoms with E-state index in [1.807, 2.05) is 16.8 Å². The minimum atomic E-state index is 0.228. The number of hydrogen-bond acceptors (Lipinski definition) is 4. The van der Waals surface area contributed by atoms with Crippen molar-refractivity contribution in [1.29, 1.82) is 0 Å². The van der Waals surface area contributed by atoms with Gasteiger partial charge in [0.05, 0.1) is 22.3 Å². The lowest BCUT2D eigenvalue weighted by Crippen LogP contribution is -2.46. The molecule has 0 bridgehead atoms. The number of hydrogen-bond donors (Lipinski definition) is 1. The summed E-state index contributed by atoms with van der Waals surface area (Å²) < 4.78 is 1.88. The maximum atomic E-state index is 8.96. The van der Waals surface area contributed by atoms with Crippen molar-refractivity contribution in [3.8, 4) is 0 Å². The Labute approximate surface area is 133 Å². The maximum Gasteiger partial charge on any atom is 0.156 e. The van der Waals surface area contributed by atoms with Gasteiger partial charge in [0.15, 0.2) is 5.65 Å². The SMILES string of the molecule is OCCN1CCN(Cc2cn3cc(Cl)cc(Cl)c3n2)CC1. The number of rotatable bonds is 4. The van der Waals surface area contributed by atoms with Crippen molar-refractivity contribution in [3.63, 3.8) is 0 Å². The van der Waals surface area contributed by atoms with Crippen molar-refractivity contribution in [2.45, 2.75) is 6.54 Å². The van der Waals surface area contributed by atoms with E-state index in [9.17, 15) is 0 Å². The first-order valence-corrected chi connectivity index (χ1v) is 7.79. The Bertz CT molecular complexity index is 623. The fourth-order valence-corrected chi connectivity index (χ4v) is 3.22. The van der Waals surface area contributed by atoms with E-state index in [1.54, 1.807) is 6.07 Å². The second-order valence-corrected chi connectivity index (χ2v) is 6.15. The fourth-order valence-electron chi connectivity index (χ4n) is 2.69. The molecule has 1 N–H and O–H groups in total. The molecule has 0 spiro atoms. The van der Waals surface area contributed by atoms with Crippen molar-refractivity contribution in [2.75, 3.05) is 39.3 Å². The molecular formula is C14H18Cl2N4O. The summed E-state index contributed by atoms with van der Waals surface area (Å²) in [4.78, 5) is 9.22. The van der Waals surface area contributed by atoms with Crippen LogP contribution in [0.25, 0.3) is 5.65 Å². The molecule has 0 aliphatic carbocycles. The second-order valence-electron chi connectivity index (χ2n) is 5.31. The Kier molecular flexibility index (Phi) is 4.66. The van der Waals surface area contributed by atoms with Crippen LogP contribution in [0.1, 0.15) is 5.69 Å². The average Bonchev–Trinajstić information content (AvgIpc) is 2.84. The Morgan fingerprint density at radius 2 is 1.81 bits per heavy atom. The first-order valence-electron chi connectivity index (χ1n) is 7.04. The zero-order valence-electron chi connectivity index (χ0n) is 11.7. The topological polar surface area (TPSA) is 44.0 Å². The van der Waals surface area contributed by atoms with Crippen LogP contribution in [0.5, 0.6) is 0 Å². The van der Waals surface area contributed by atoms with Gasteiger partial charge in [0.25, 0.3) is 0 Å². The molecule has 2 aromatic heterocycles. The molecule has 3 heterocycles. The molecule has 1 aliphatic heterocycles. The van der Waals surface area contributed by atoms with Gasteiger partial charge in [-0.05, 0) is 6.07 Å². The largest absolute Gasteiger partial charge is 0.395 e. The molecule has 0 radical (unpaired) electrons. The Morgan fingerprint density at radius 1 is 1.10 bits per heavy atom. The summed E-state index contributed by atoms with van der Waals surface area (Å²) in [6.07, 6.45) is 3.80. The zero-order valence-corrected chi connectivity index (χ0v) is 13.2. The number of aliphatic hydroxyl groups excluding tert-OH is 1. The highest BCUT2D eigenvalue weighted by Crippen LogP contribution is 2.22. The molecule has 7 heteroatoms. The molecule has 1 saturated heterocycles. The van der Waals surface area contributed by atoms with E-state index in [1.165, 1.54) is 0 Å². The summed E-state index contributed by atoms with van der Waals surface area (Å²) in [6.45, 7) is 5.75. The summed E-state index contributed by atoms with van der Waals surface area (Å²) >= 11 is 12.2. The molecule has 0 aromatic carbocycles. The van der Waals surface area contributed by atoms with Gasteiger partial charge in [-0.2, -0.15) is 0 Å². The predicted octanol–water partition coefficient (Wildman–Crippen LogP) is 1.75. The average molecular weight is 329 g/mol. The van der Waals surface area contributed by atoms with Crippen LogP contribution in [-0.4, -0.2) is 63.6 Å². The number of halogens is 2. The van der Waals surface area contributed by atoms with Crippen molar-refractivity contribution in [3.05, 3.63) is 34.2 Å². The van der Waals surface area contributed by atoms with Gasteiger partial charge in [-0.1, -0.05) is 23.2 Å². The lowest BCUT2D eigenvalue weighted by atomic mass is 10.3. The number of pyridine rings is 1. The molecule has 1 fully saturated rings. The lowest BCUT2D eigenvalue weighted by Gasteiger charge is -2.33. The van der Waals surface area contributed by atoms with E-state index in [-0.39, 0.29) is 6.61 Å².